The average molecular weight is 233 g/mol. The molecule has 0 spiro atoms. The third kappa shape index (κ3) is 3.08. The van der Waals surface area contributed by atoms with Crippen molar-refractivity contribution in [3.63, 3.8) is 0 Å². The summed E-state index contributed by atoms with van der Waals surface area (Å²) >= 11 is 1.78. The summed E-state index contributed by atoms with van der Waals surface area (Å²) in [6.07, 6.45) is 0. The van der Waals surface area contributed by atoms with E-state index in [1.807, 2.05) is 12.1 Å². The van der Waals surface area contributed by atoms with Gasteiger partial charge in [0.1, 0.15) is 5.75 Å². The summed E-state index contributed by atoms with van der Waals surface area (Å²) in [5.41, 5.74) is 1.25. The standard InChI is InChI=1S/C13H15NOS/c1-15-12-5-2-4-11(8-12)9-14-10-13-6-3-7-16-13/h2-8,14H,9-10H2,1H3. The highest BCUT2D eigenvalue weighted by atomic mass is 32.1. The molecular weight excluding hydrogens is 218 g/mol. The van der Waals surface area contributed by atoms with Crippen LogP contribution in [0.25, 0.3) is 0 Å². The molecule has 2 rings (SSSR count). The lowest BCUT2D eigenvalue weighted by Crippen LogP contribution is -2.11. The van der Waals surface area contributed by atoms with E-state index in [0.717, 1.165) is 18.8 Å². The Morgan fingerprint density at radius 1 is 1.19 bits per heavy atom. The van der Waals surface area contributed by atoms with Gasteiger partial charge in [-0.25, -0.2) is 0 Å². The second-order valence-electron chi connectivity index (χ2n) is 3.53. The van der Waals surface area contributed by atoms with Gasteiger partial charge < -0.3 is 10.1 Å². The molecule has 0 saturated heterocycles. The van der Waals surface area contributed by atoms with Gasteiger partial charge in [-0.3, -0.25) is 0 Å². The smallest absolute Gasteiger partial charge is 0.119 e. The summed E-state index contributed by atoms with van der Waals surface area (Å²) in [6.45, 7) is 1.80. The van der Waals surface area contributed by atoms with E-state index in [0.29, 0.717) is 0 Å². The van der Waals surface area contributed by atoms with Crippen molar-refractivity contribution in [2.75, 3.05) is 7.11 Å². The molecule has 0 amide bonds. The molecule has 1 N–H and O–H groups in total. The number of rotatable bonds is 5. The van der Waals surface area contributed by atoms with Crippen LogP contribution in [0, 0.1) is 0 Å². The highest BCUT2D eigenvalue weighted by Crippen LogP contribution is 2.13. The van der Waals surface area contributed by atoms with Gasteiger partial charge in [-0.15, -0.1) is 11.3 Å². The first-order chi connectivity index (χ1) is 7.88. The predicted octanol–water partition coefficient (Wildman–Crippen LogP) is 3.05. The minimum atomic E-state index is 0.870. The number of methoxy groups -OCH3 is 1. The molecule has 1 aromatic carbocycles. The minimum Gasteiger partial charge on any atom is -0.497 e. The van der Waals surface area contributed by atoms with Crippen LogP contribution >= 0.6 is 11.3 Å². The lowest BCUT2D eigenvalue weighted by Gasteiger charge is -2.05. The fourth-order valence-electron chi connectivity index (χ4n) is 1.53. The normalized spacial score (nSPS) is 10.3. The van der Waals surface area contributed by atoms with E-state index in [4.69, 9.17) is 4.74 Å². The van der Waals surface area contributed by atoms with E-state index < -0.39 is 0 Å². The second kappa shape index (κ2) is 5.68. The zero-order chi connectivity index (χ0) is 11.2. The van der Waals surface area contributed by atoms with E-state index in [9.17, 15) is 0 Å². The summed E-state index contributed by atoms with van der Waals surface area (Å²) in [5.74, 6) is 0.912. The van der Waals surface area contributed by atoms with Crippen molar-refractivity contribution in [3.05, 3.63) is 52.2 Å². The van der Waals surface area contributed by atoms with Gasteiger partial charge in [-0.1, -0.05) is 18.2 Å². The van der Waals surface area contributed by atoms with Crippen molar-refractivity contribution in [1.82, 2.24) is 5.32 Å². The first-order valence-corrected chi connectivity index (χ1v) is 6.12. The third-order valence-corrected chi connectivity index (χ3v) is 3.22. The number of thiophene rings is 1. The van der Waals surface area contributed by atoms with Crippen LogP contribution in [0.15, 0.2) is 41.8 Å². The van der Waals surface area contributed by atoms with Crippen LogP contribution in [0.3, 0.4) is 0 Å². The number of nitrogens with one attached hydrogen (secondary N) is 1. The molecular formula is C13H15NOS. The molecule has 2 aromatic rings. The molecule has 0 radical (unpaired) electrons. The molecule has 0 unspecified atom stereocenters. The minimum absolute atomic E-state index is 0.870. The average Bonchev–Trinajstić information content (AvgIpc) is 2.82. The van der Waals surface area contributed by atoms with Crippen LogP contribution in [-0.2, 0) is 13.1 Å². The summed E-state index contributed by atoms with van der Waals surface area (Å²) in [5, 5.41) is 5.51. The van der Waals surface area contributed by atoms with E-state index in [2.05, 4.69) is 35.0 Å². The van der Waals surface area contributed by atoms with Crippen LogP contribution < -0.4 is 10.1 Å². The molecule has 1 heterocycles. The fraction of sp³-hybridized carbons (Fsp3) is 0.231. The van der Waals surface area contributed by atoms with Crippen LogP contribution in [0.5, 0.6) is 5.75 Å². The Hall–Kier alpha value is -1.32. The van der Waals surface area contributed by atoms with E-state index in [1.165, 1.54) is 10.4 Å². The zero-order valence-corrected chi connectivity index (χ0v) is 10.1. The Labute approximate surface area is 99.9 Å². The maximum atomic E-state index is 5.18. The van der Waals surface area contributed by atoms with Crippen molar-refractivity contribution in [2.45, 2.75) is 13.1 Å². The topological polar surface area (TPSA) is 21.3 Å². The maximum absolute atomic E-state index is 5.18. The molecule has 1 aromatic heterocycles. The molecule has 84 valence electrons. The van der Waals surface area contributed by atoms with Crippen molar-refractivity contribution in [2.24, 2.45) is 0 Å². The molecule has 16 heavy (non-hydrogen) atoms. The van der Waals surface area contributed by atoms with Crippen molar-refractivity contribution in [3.8, 4) is 5.75 Å². The molecule has 0 saturated carbocycles. The lowest BCUT2D eigenvalue weighted by atomic mass is 10.2. The van der Waals surface area contributed by atoms with Gasteiger partial charge in [0.2, 0.25) is 0 Å². The Balaban J connectivity index is 1.85. The molecule has 0 aliphatic heterocycles. The van der Waals surface area contributed by atoms with E-state index in [1.54, 1.807) is 18.4 Å². The summed E-state index contributed by atoms with van der Waals surface area (Å²) in [7, 11) is 1.69. The SMILES string of the molecule is COc1cccc(CNCc2cccs2)c1. The summed E-state index contributed by atoms with van der Waals surface area (Å²) < 4.78 is 5.18. The van der Waals surface area contributed by atoms with Crippen molar-refractivity contribution >= 4 is 11.3 Å². The first-order valence-electron chi connectivity index (χ1n) is 5.24. The predicted molar refractivity (Wildman–Crippen MR) is 67.9 cm³/mol. The Bertz CT molecular complexity index is 425. The molecule has 3 heteroatoms. The van der Waals surface area contributed by atoms with Gasteiger partial charge in [-0.2, -0.15) is 0 Å². The largest absolute Gasteiger partial charge is 0.497 e. The van der Waals surface area contributed by atoms with Gasteiger partial charge in [-0.05, 0) is 29.1 Å². The van der Waals surface area contributed by atoms with Crippen LogP contribution in [0.2, 0.25) is 0 Å². The summed E-state index contributed by atoms with van der Waals surface area (Å²) in [4.78, 5) is 1.36. The lowest BCUT2D eigenvalue weighted by molar-refractivity contribution is 0.414. The summed E-state index contributed by atoms with van der Waals surface area (Å²) in [6, 6.07) is 12.4. The highest BCUT2D eigenvalue weighted by Gasteiger charge is 1.96. The highest BCUT2D eigenvalue weighted by molar-refractivity contribution is 7.09. The van der Waals surface area contributed by atoms with Crippen LogP contribution in [0.1, 0.15) is 10.4 Å². The van der Waals surface area contributed by atoms with Gasteiger partial charge in [0, 0.05) is 18.0 Å². The number of hydrogen-bond acceptors (Lipinski definition) is 3. The Morgan fingerprint density at radius 2 is 2.12 bits per heavy atom. The molecule has 0 aliphatic carbocycles. The van der Waals surface area contributed by atoms with Gasteiger partial charge in [0.15, 0.2) is 0 Å². The quantitative estimate of drug-likeness (QED) is 0.857. The number of benzene rings is 1. The van der Waals surface area contributed by atoms with Crippen molar-refractivity contribution in [1.29, 1.82) is 0 Å². The maximum Gasteiger partial charge on any atom is 0.119 e. The molecule has 0 aliphatic rings. The van der Waals surface area contributed by atoms with Crippen LogP contribution in [0.4, 0.5) is 0 Å². The van der Waals surface area contributed by atoms with Gasteiger partial charge >= 0.3 is 0 Å². The fourth-order valence-corrected chi connectivity index (χ4v) is 2.20. The number of ether oxygens (including phenoxy) is 1. The monoisotopic (exact) mass is 233 g/mol. The van der Waals surface area contributed by atoms with Gasteiger partial charge in [0.05, 0.1) is 7.11 Å². The molecule has 0 fully saturated rings. The second-order valence-corrected chi connectivity index (χ2v) is 4.57. The van der Waals surface area contributed by atoms with E-state index in [-0.39, 0.29) is 0 Å². The Morgan fingerprint density at radius 3 is 2.88 bits per heavy atom. The number of hydrogen-bond donors (Lipinski definition) is 1. The molecule has 0 bridgehead atoms. The zero-order valence-electron chi connectivity index (χ0n) is 9.27. The first kappa shape index (κ1) is 11.2. The molecule has 2 nitrogen and oxygen atoms in total. The Kier molecular flexibility index (Phi) is 3.97. The molecule has 0 atom stereocenters. The third-order valence-electron chi connectivity index (χ3n) is 2.34. The van der Waals surface area contributed by atoms with Gasteiger partial charge in [0.25, 0.3) is 0 Å². The van der Waals surface area contributed by atoms with Crippen molar-refractivity contribution < 1.29 is 4.74 Å². The van der Waals surface area contributed by atoms with Crippen LogP contribution in [-0.4, -0.2) is 7.11 Å². The van der Waals surface area contributed by atoms with E-state index >= 15 is 0 Å².